The van der Waals surface area contributed by atoms with Crippen LogP contribution in [0.25, 0.3) is 0 Å². The van der Waals surface area contributed by atoms with E-state index in [9.17, 15) is 14.0 Å². The molecule has 0 fully saturated rings. The lowest BCUT2D eigenvalue weighted by Crippen LogP contribution is -2.41. The third kappa shape index (κ3) is 3.07. The Morgan fingerprint density at radius 2 is 1.70 bits per heavy atom. The Hall–Kier alpha value is -2.17. The van der Waals surface area contributed by atoms with Crippen molar-refractivity contribution < 1.29 is 14.0 Å². The molecule has 138 valence electrons. The number of hydrogen-bond donors (Lipinski definition) is 0. The van der Waals surface area contributed by atoms with Crippen LogP contribution in [0.2, 0.25) is 10.0 Å². The van der Waals surface area contributed by atoms with Gasteiger partial charge in [-0.2, -0.15) is 0 Å². The summed E-state index contributed by atoms with van der Waals surface area (Å²) in [6.45, 7) is 0. The van der Waals surface area contributed by atoms with Crippen LogP contribution < -0.4 is 4.90 Å². The summed E-state index contributed by atoms with van der Waals surface area (Å²) in [7, 11) is 0. The molecule has 0 radical (unpaired) electrons. The number of allylic oxidation sites excluding steroid dienone is 2. The van der Waals surface area contributed by atoms with Crippen molar-refractivity contribution in [2.45, 2.75) is 31.6 Å². The first-order valence-electron chi connectivity index (χ1n) is 8.76. The first kappa shape index (κ1) is 18.2. The number of benzene rings is 2. The van der Waals surface area contributed by atoms with Gasteiger partial charge in [0.2, 0.25) is 5.91 Å². The summed E-state index contributed by atoms with van der Waals surface area (Å²) >= 11 is 12.6. The third-order valence-corrected chi connectivity index (χ3v) is 5.77. The van der Waals surface area contributed by atoms with Gasteiger partial charge in [-0.1, -0.05) is 41.4 Å². The highest BCUT2D eigenvalue weighted by Gasteiger charge is 2.41. The first-order chi connectivity index (χ1) is 13.0. The van der Waals surface area contributed by atoms with Crippen molar-refractivity contribution in [3.8, 4) is 0 Å². The summed E-state index contributed by atoms with van der Waals surface area (Å²) < 4.78 is 14.6. The molecule has 27 heavy (non-hydrogen) atoms. The van der Waals surface area contributed by atoms with Crippen molar-refractivity contribution in [1.29, 1.82) is 0 Å². The minimum Gasteiger partial charge on any atom is -0.294 e. The van der Waals surface area contributed by atoms with Gasteiger partial charge in [0.25, 0.3) is 0 Å². The Kier molecular flexibility index (Phi) is 4.79. The molecule has 1 unspecified atom stereocenters. The molecule has 0 spiro atoms. The summed E-state index contributed by atoms with van der Waals surface area (Å²) in [5.41, 5.74) is 1.85. The maximum Gasteiger partial charge on any atom is 0.232 e. The van der Waals surface area contributed by atoms with Gasteiger partial charge in [-0.25, -0.2) is 4.39 Å². The summed E-state index contributed by atoms with van der Waals surface area (Å²) in [5, 5.41) is 0.655. The van der Waals surface area contributed by atoms with Crippen LogP contribution >= 0.6 is 23.2 Å². The Morgan fingerprint density at radius 3 is 2.44 bits per heavy atom. The lowest BCUT2D eigenvalue weighted by Gasteiger charge is -2.38. The van der Waals surface area contributed by atoms with Gasteiger partial charge >= 0.3 is 0 Å². The quantitative estimate of drug-likeness (QED) is 0.648. The van der Waals surface area contributed by atoms with Gasteiger partial charge in [-0.15, -0.1) is 0 Å². The highest BCUT2D eigenvalue weighted by Crippen LogP contribution is 2.46. The molecule has 1 amide bonds. The van der Waals surface area contributed by atoms with Gasteiger partial charge in [0.15, 0.2) is 5.78 Å². The number of ketones is 1. The molecule has 2 aromatic rings. The summed E-state index contributed by atoms with van der Waals surface area (Å²) in [5.74, 6) is -1.46. The van der Waals surface area contributed by atoms with Gasteiger partial charge in [-0.05, 0) is 37.1 Å². The molecule has 1 atom stereocenters. The molecule has 6 heteroatoms. The van der Waals surface area contributed by atoms with E-state index in [1.807, 2.05) is 0 Å². The molecule has 0 aromatic heterocycles. The van der Waals surface area contributed by atoms with E-state index in [0.29, 0.717) is 41.2 Å². The van der Waals surface area contributed by atoms with Gasteiger partial charge in [0.05, 0.1) is 10.7 Å². The molecule has 0 bridgehead atoms. The average molecular weight is 404 g/mol. The summed E-state index contributed by atoms with van der Waals surface area (Å²) in [6, 6.07) is 11.4. The number of hydrogen-bond acceptors (Lipinski definition) is 2. The van der Waals surface area contributed by atoms with Crippen LogP contribution in [0.15, 0.2) is 53.7 Å². The third-order valence-electron chi connectivity index (χ3n) is 5.12. The molecular formula is C21H16Cl2FNO2. The van der Waals surface area contributed by atoms with E-state index in [2.05, 4.69) is 0 Å². The first-order valence-corrected chi connectivity index (χ1v) is 9.52. The van der Waals surface area contributed by atoms with Crippen molar-refractivity contribution in [2.75, 3.05) is 4.90 Å². The summed E-state index contributed by atoms with van der Waals surface area (Å²) in [6.07, 6.45) is 1.55. The zero-order valence-electron chi connectivity index (χ0n) is 14.3. The molecule has 1 aliphatic carbocycles. The van der Waals surface area contributed by atoms with E-state index in [-0.39, 0.29) is 28.7 Å². The van der Waals surface area contributed by atoms with Gasteiger partial charge < -0.3 is 0 Å². The van der Waals surface area contributed by atoms with Crippen molar-refractivity contribution >= 4 is 40.6 Å². The topological polar surface area (TPSA) is 37.4 Å². The van der Waals surface area contributed by atoms with Crippen LogP contribution in [0.5, 0.6) is 0 Å². The highest BCUT2D eigenvalue weighted by atomic mass is 35.5. The van der Waals surface area contributed by atoms with E-state index >= 15 is 0 Å². The number of anilines is 1. The predicted octanol–water partition coefficient (Wildman–Crippen LogP) is 5.66. The van der Waals surface area contributed by atoms with Gasteiger partial charge in [0, 0.05) is 40.6 Å². The Balaban J connectivity index is 1.93. The molecule has 2 aromatic carbocycles. The largest absolute Gasteiger partial charge is 0.294 e. The number of amides is 1. The van der Waals surface area contributed by atoms with E-state index in [1.165, 1.54) is 17.0 Å². The maximum absolute atomic E-state index is 14.6. The monoisotopic (exact) mass is 403 g/mol. The predicted molar refractivity (Wildman–Crippen MR) is 104 cm³/mol. The van der Waals surface area contributed by atoms with Crippen LogP contribution in [-0.2, 0) is 9.59 Å². The molecule has 3 nitrogen and oxygen atoms in total. The lowest BCUT2D eigenvalue weighted by molar-refractivity contribution is -0.119. The van der Waals surface area contributed by atoms with E-state index < -0.39 is 11.7 Å². The molecule has 2 aliphatic rings. The number of carbonyl (C=O) groups is 2. The standard InChI is InChI=1S/C21H16Cl2FNO2/c22-13-5-1-2-8-16(13)25-17-9-4-10-18(26)21(17)12(11-19(25)27)20-14(23)6-3-7-15(20)24/h1-3,5-8,12H,4,9-11H2. The van der Waals surface area contributed by atoms with Crippen LogP contribution in [0.4, 0.5) is 10.1 Å². The molecule has 0 N–H and O–H groups in total. The van der Waals surface area contributed by atoms with Crippen LogP contribution in [0, 0.1) is 5.82 Å². The Bertz CT molecular complexity index is 966. The number of Topliss-reactive ketones (excluding diaryl/α,β-unsaturated/α-hetero) is 1. The van der Waals surface area contributed by atoms with E-state index in [4.69, 9.17) is 23.2 Å². The summed E-state index contributed by atoms with van der Waals surface area (Å²) in [4.78, 5) is 27.4. The number of carbonyl (C=O) groups excluding carboxylic acids is 2. The number of halogens is 3. The van der Waals surface area contributed by atoms with Crippen molar-refractivity contribution in [3.05, 3.63) is 75.2 Å². The van der Waals surface area contributed by atoms with Crippen LogP contribution in [0.1, 0.15) is 37.2 Å². The SMILES string of the molecule is O=C1CCCC2=C1C(c1c(F)cccc1Cl)CC(=O)N2c1ccccc1Cl. The van der Waals surface area contributed by atoms with Crippen molar-refractivity contribution in [2.24, 2.45) is 0 Å². The smallest absolute Gasteiger partial charge is 0.232 e. The Morgan fingerprint density at radius 1 is 0.963 bits per heavy atom. The zero-order valence-corrected chi connectivity index (χ0v) is 15.9. The van der Waals surface area contributed by atoms with E-state index in [0.717, 1.165) is 0 Å². The molecule has 0 saturated carbocycles. The van der Waals surface area contributed by atoms with Gasteiger partial charge in [-0.3, -0.25) is 14.5 Å². The molecule has 0 saturated heterocycles. The fraction of sp³-hybridized carbons (Fsp3) is 0.238. The minimum absolute atomic E-state index is 0.0313. The fourth-order valence-corrected chi connectivity index (χ4v) is 4.51. The van der Waals surface area contributed by atoms with Crippen LogP contribution in [-0.4, -0.2) is 11.7 Å². The lowest BCUT2D eigenvalue weighted by atomic mass is 9.77. The van der Waals surface area contributed by atoms with Crippen molar-refractivity contribution in [1.82, 2.24) is 0 Å². The number of rotatable bonds is 2. The number of nitrogens with zero attached hydrogens (tertiary/aromatic N) is 1. The van der Waals surface area contributed by atoms with Crippen molar-refractivity contribution in [3.63, 3.8) is 0 Å². The van der Waals surface area contributed by atoms with Gasteiger partial charge in [0.1, 0.15) is 5.82 Å². The highest BCUT2D eigenvalue weighted by molar-refractivity contribution is 6.34. The fourth-order valence-electron chi connectivity index (χ4n) is 4.00. The molecular weight excluding hydrogens is 388 g/mol. The second-order valence-electron chi connectivity index (χ2n) is 6.71. The molecule has 1 aliphatic heterocycles. The Labute approximate surface area is 166 Å². The molecule has 1 heterocycles. The second kappa shape index (κ2) is 7.10. The van der Waals surface area contributed by atoms with Crippen LogP contribution in [0.3, 0.4) is 0 Å². The maximum atomic E-state index is 14.6. The number of para-hydroxylation sites is 1. The normalized spacial score (nSPS) is 20.1. The zero-order chi connectivity index (χ0) is 19.1. The van der Waals surface area contributed by atoms with E-state index in [1.54, 1.807) is 30.3 Å². The second-order valence-corrected chi connectivity index (χ2v) is 7.52. The average Bonchev–Trinajstić information content (AvgIpc) is 2.63. The minimum atomic E-state index is -0.673. The molecule has 4 rings (SSSR count).